The first-order chi connectivity index (χ1) is 16.8. The fourth-order valence-electron chi connectivity index (χ4n) is 4.43. The summed E-state index contributed by atoms with van der Waals surface area (Å²) in [6.45, 7) is 7.07. The Bertz CT molecular complexity index is 1130. The lowest BCUT2D eigenvalue weighted by Gasteiger charge is -2.30. The molecule has 0 aromatic heterocycles. The number of amides is 1. The fraction of sp³-hybridized carbons (Fsp3) is 0.385. The number of morpholine rings is 1. The zero-order chi connectivity index (χ0) is 25.1. The lowest BCUT2D eigenvalue weighted by molar-refractivity contribution is -0.907. The molecule has 2 fully saturated rings. The zero-order valence-corrected chi connectivity index (χ0v) is 19.7. The van der Waals surface area contributed by atoms with Gasteiger partial charge in [0, 0.05) is 5.57 Å². The number of ketones is 1. The van der Waals surface area contributed by atoms with Crippen LogP contribution in [0.2, 0.25) is 0 Å². The molecule has 1 amide bonds. The van der Waals surface area contributed by atoms with Crippen molar-refractivity contribution >= 4 is 17.4 Å². The summed E-state index contributed by atoms with van der Waals surface area (Å²) in [6.07, 6.45) is -0.264. The van der Waals surface area contributed by atoms with Gasteiger partial charge in [0.1, 0.15) is 18.9 Å². The van der Waals surface area contributed by atoms with Crippen molar-refractivity contribution in [2.75, 3.05) is 39.4 Å². The van der Waals surface area contributed by atoms with Gasteiger partial charge in [-0.25, -0.2) is 8.78 Å². The second-order valence-corrected chi connectivity index (χ2v) is 8.95. The van der Waals surface area contributed by atoms with E-state index in [1.807, 2.05) is 0 Å². The van der Waals surface area contributed by atoms with Gasteiger partial charge in [-0.3, -0.25) is 9.59 Å². The molecule has 2 aliphatic rings. The van der Waals surface area contributed by atoms with E-state index in [-0.39, 0.29) is 29.5 Å². The van der Waals surface area contributed by atoms with Crippen LogP contribution in [-0.4, -0.2) is 62.1 Å². The van der Waals surface area contributed by atoms with Crippen LogP contribution >= 0.6 is 0 Å². The van der Waals surface area contributed by atoms with Crippen molar-refractivity contribution in [3.05, 3.63) is 70.8 Å². The Labute approximate surface area is 202 Å². The summed E-state index contributed by atoms with van der Waals surface area (Å²) in [6, 6.07) is 8.06. The predicted octanol–water partition coefficient (Wildman–Crippen LogP) is 0.891. The molecule has 0 bridgehead atoms. The van der Waals surface area contributed by atoms with E-state index in [4.69, 9.17) is 9.47 Å². The van der Waals surface area contributed by atoms with Crippen molar-refractivity contribution in [2.24, 2.45) is 0 Å². The quantitative estimate of drug-likeness (QED) is 0.357. The highest BCUT2D eigenvalue weighted by atomic mass is 19.1. The number of benzene rings is 2. The molecule has 9 heteroatoms. The largest absolute Gasteiger partial charge is 0.872 e. The monoisotopic (exact) mass is 486 g/mol. The maximum absolute atomic E-state index is 14.6. The van der Waals surface area contributed by atoms with Crippen molar-refractivity contribution < 1.29 is 37.9 Å². The molecule has 0 saturated carbocycles. The van der Waals surface area contributed by atoms with Crippen molar-refractivity contribution in [3.63, 3.8) is 0 Å². The number of ether oxygens (including phenoxy) is 2. The van der Waals surface area contributed by atoms with Crippen LogP contribution in [0, 0.1) is 11.6 Å². The van der Waals surface area contributed by atoms with Crippen molar-refractivity contribution in [2.45, 2.75) is 26.0 Å². The highest BCUT2D eigenvalue weighted by Gasteiger charge is 2.44. The second-order valence-electron chi connectivity index (χ2n) is 8.95. The van der Waals surface area contributed by atoms with Gasteiger partial charge >= 0.3 is 0 Å². The van der Waals surface area contributed by atoms with Gasteiger partial charge in [-0.15, -0.1) is 0 Å². The van der Waals surface area contributed by atoms with E-state index >= 15 is 0 Å². The average Bonchev–Trinajstić information content (AvgIpc) is 3.09. The van der Waals surface area contributed by atoms with Crippen LogP contribution in [0.15, 0.2) is 48.0 Å². The number of nitrogens with zero attached hydrogens (tertiary/aromatic N) is 1. The molecular weight excluding hydrogens is 458 g/mol. The molecule has 1 unspecified atom stereocenters. The Kier molecular flexibility index (Phi) is 7.47. The van der Waals surface area contributed by atoms with Gasteiger partial charge in [-0.2, -0.15) is 0 Å². The molecule has 0 aliphatic carbocycles. The topological polar surface area (TPSA) is 83.3 Å². The van der Waals surface area contributed by atoms with Crippen LogP contribution in [0.5, 0.6) is 5.75 Å². The van der Waals surface area contributed by atoms with E-state index in [1.165, 1.54) is 46.2 Å². The van der Waals surface area contributed by atoms with E-state index < -0.39 is 35.1 Å². The first-order valence-electron chi connectivity index (χ1n) is 11.7. The molecule has 1 atom stereocenters. The van der Waals surface area contributed by atoms with E-state index in [0.29, 0.717) is 25.3 Å². The molecule has 7 nitrogen and oxygen atoms in total. The first-order valence-corrected chi connectivity index (χ1v) is 11.7. The van der Waals surface area contributed by atoms with Crippen LogP contribution in [0.3, 0.4) is 0 Å². The lowest BCUT2D eigenvalue weighted by atomic mass is 9.95. The zero-order valence-electron chi connectivity index (χ0n) is 19.7. The van der Waals surface area contributed by atoms with Gasteiger partial charge in [0.05, 0.1) is 38.4 Å². The van der Waals surface area contributed by atoms with Crippen LogP contribution in [0.25, 0.3) is 5.76 Å². The van der Waals surface area contributed by atoms with Gasteiger partial charge in [0.15, 0.2) is 11.6 Å². The van der Waals surface area contributed by atoms with E-state index in [2.05, 4.69) is 0 Å². The van der Waals surface area contributed by atoms with Gasteiger partial charge in [-0.1, -0.05) is 24.0 Å². The molecule has 2 saturated heterocycles. The molecule has 2 aliphatic heterocycles. The summed E-state index contributed by atoms with van der Waals surface area (Å²) in [7, 11) is 0. The van der Waals surface area contributed by atoms with Crippen molar-refractivity contribution in [1.29, 1.82) is 0 Å². The molecule has 186 valence electrons. The smallest absolute Gasteiger partial charge is 0.295 e. The number of hydrogen-bond donors (Lipinski definition) is 1. The normalized spacial score (nSPS) is 20.6. The minimum absolute atomic E-state index is 0.0134. The molecule has 35 heavy (non-hydrogen) atoms. The summed E-state index contributed by atoms with van der Waals surface area (Å²) >= 11 is 0. The fourth-order valence-corrected chi connectivity index (χ4v) is 4.43. The van der Waals surface area contributed by atoms with Gasteiger partial charge in [0.2, 0.25) is 5.78 Å². The van der Waals surface area contributed by atoms with Crippen LogP contribution in [0.4, 0.5) is 8.78 Å². The number of Topliss-reactive ketones (excluding diaryl/α,β-unsaturated/α-hetero) is 1. The number of hydrogen-bond acceptors (Lipinski definition) is 5. The molecule has 2 heterocycles. The Morgan fingerprint density at radius 1 is 1.14 bits per heavy atom. The van der Waals surface area contributed by atoms with Crippen molar-refractivity contribution in [1.82, 2.24) is 4.90 Å². The van der Waals surface area contributed by atoms with Gasteiger partial charge in [0.25, 0.3) is 5.91 Å². The third kappa shape index (κ3) is 5.36. The molecule has 1 N–H and O–H groups in total. The SMILES string of the molecule is CC(C)Oc1ccc(C([O-])=C2C(=O)C(=O)N(CC[NH+]3CCOCC3)C2c2ccc(F)cc2)cc1F. The molecule has 0 radical (unpaired) electrons. The summed E-state index contributed by atoms with van der Waals surface area (Å²) in [4.78, 5) is 28.7. The maximum Gasteiger partial charge on any atom is 0.295 e. The predicted molar refractivity (Wildman–Crippen MR) is 121 cm³/mol. The van der Waals surface area contributed by atoms with Gasteiger partial charge < -0.3 is 24.4 Å². The Hall–Kier alpha value is -3.30. The Morgan fingerprint density at radius 2 is 1.83 bits per heavy atom. The van der Waals surface area contributed by atoms with Crippen LogP contribution < -0.4 is 14.7 Å². The summed E-state index contributed by atoms with van der Waals surface area (Å²) in [5.41, 5.74) is 0.101. The average molecular weight is 487 g/mol. The van der Waals surface area contributed by atoms with Crippen molar-refractivity contribution in [3.8, 4) is 5.75 Å². The summed E-state index contributed by atoms with van der Waals surface area (Å²) in [5.74, 6) is -3.70. The highest BCUT2D eigenvalue weighted by molar-refractivity contribution is 6.46. The van der Waals surface area contributed by atoms with Gasteiger partial charge in [-0.05, 0) is 49.2 Å². The minimum Gasteiger partial charge on any atom is -0.872 e. The maximum atomic E-state index is 14.6. The Morgan fingerprint density at radius 3 is 2.46 bits per heavy atom. The van der Waals surface area contributed by atoms with Crippen LogP contribution in [-0.2, 0) is 14.3 Å². The lowest BCUT2D eigenvalue weighted by Crippen LogP contribution is -3.14. The number of rotatable bonds is 7. The number of halogens is 2. The van der Waals surface area contributed by atoms with Crippen LogP contribution in [0.1, 0.15) is 31.0 Å². The highest BCUT2D eigenvalue weighted by Crippen LogP contribution is 2.38. The third-order valence-corrected chi connectivity index (χ3v) is 6.18. The summed E-state index contributed by atoms with van der Waals surface area (Å²) in [5, 5.41) is 13.5. The molecule has 0 spiro atoms. The standard InChI is InChI=1S/C26H28F2N2O5/c1-16(2)35-21-8-5-18(15-20(21)28)24(31)22-23(17-3-6-19(27)7-4-17)30(26(33)25(22)32)10-9-29-11-13-34-14-12-29/h3-8,15-16,23,31H,9-14H2,1-2H3. The molecule has 2 aromatic carbocycles. The third-order valence-electron chi connectivity index (χ3n) is 6.18. The Balaban J connectivity index is 1.72. The number of likely N-dealkylation sites (tertiary alicyclic amines) is 1. The second kappa shape index (κ2) is 10.5. The van der Waals surface area contributed by atoms with E-state index in [1.54, 1.807) is 13.8 Å². The number of carbonyl (C=O) groups excluding carboxylic acids is 2. The summed E-state index contributed by atoms with van der Waals surface area (Å²) < 4.78 is 39.0. The number of nitrogens with one attached hydrogen (secondary N) is 1. The first kappa shape index (κ1) is 24.8. The van der Waals surface area contributed by atoms with E-state index in [9.17, 15) is 23.5 Å². The van der Waals surface area contributed by atoms with E-state index in [0.717, 1.165) is 19.2 Å². The number of quaternary nitrogens is 1. The molecule has 4 rings (SSSR count). The molecular formula is C26H28F2N2O5. The minimum atomic E-state index is -0.988. The molecule has 2 aromatic rings. The number of carbonyl (C=O) groups is 2.